The Labute approximate surface area is 115 Å². The van der Waals surface area contributed by atoms with Gasteiger partial charge in [-0.1, -0.05) is 23.0 Å². The topological polar surface area (TPSA) is 122 Å². The first-order valence-corrected chi connectivity index (χ1v) is 6.36. The molecule has 110 valence electrons. The summed E-state index contributed by atoms with van der Waals surface area (Å²) < 4.78 is 4.74. The van der Waals surface area contributed by atoms with Gasteiger partial charge < -0.3 is 4.74 Å². The summed E-state index contributed by atoms with van der Waals surface area (Å²) in [4.78, 5) is 40.7. The molecule has 0 spiro atoms. The van der Waals surface area contributed by atoms with Crippen molar-refractivity contribution in [3.8, 4) is 0 Å². The summed E-state index contributed by atoms with van der Waals surface area (Å²) in [5.41, 5.74) is 8.06. The van der Waals surface area contributed by atoms with Crippen molar-refractivity contribution >= 4 is 18.0 Å². The number of azide groups is 1. The predicted octanol–water partition coefficient (Wildman–Crippen LogP) is 2.07. The molecule has 1 aliphatic heterocycles. The molecule has 0 radical (unpaired) electrons. The Morgan fingerprint density at radius 2 is 1.85 bits per heavy atom. The second-order valence-corrected chi connectivity index (χ2v) is 4.14. The van der Waals surface area contributed by atoms with Crippen LogP contribution in [0.15, 0.2) is 5.11 Å². The molecule has 1 aliphatic rings. The SMILES string of the molecule is [N-]=[N+]=NCCCCCCOC(=O)ON1C(=O)CCC1=O. The van der Waals surface area contributed by atoms with E-state index in [1.165, 1.54) is 0 Å². The van der Waals surface area contributed by atoms with Crippen LogP contribution in [0.4, 0.5) is 4.79 Å². The summed E-state index contributed by atoms with van der Waals surface area (Å²) >= 11 is 0. The first kappa shape index (κ1) is 15.8. The fourth-order valence-corrected chi connectivity index (χ4v) is 1.60. The maximum atomic E-state index is 11.2. The second kappa shape index (κ2) is 8.76. The summed E-state index contributed by atoms with van der Waals surface area (Å²) in [6.45, 7) is 0.606. The molecule has 0 N–H and O–H groups in total. The van der Waals surface area contributed by atoms with Crippen LogP contribution in [-0.4, -0.2) is 36.2 Å². The van der Waals surface area contributed by atoms with E-state index in [0.717, 1.165) is 19.3 Å². The molecule has 1 fully saturated rings. The van der Waals surface area contributed by atoms with Gasteiger partial charge in [0.1, 0.15) is 0 Å². The van der Waals surface area contributed by atoms with E-state index in [2.05, 4.69) is 14.9 Å². The molecule has 0 bridgehead atoms. The average molecular weight is 284 g/mol. The minimum absolute atomic E-state index is 0.0529. The Morgan fingerprint density at radius 3 is 2.50 bits per heavy atom. The number of rotatable bonds is 8. The van der Waals surface area contributed by atoms with E-state index >= 15 is 0 Å². The molecule has 0 aromatic heterocycles. The molecule has 2 amide bonds. The summed E-state index contributed by atoms with van der Waals surface area (Å²) in [5, 5.41) is 3.84. The van der Waals surface area contributed by atoms with Crippen LogP contribution in [0.5, 0.6) is 0 Å². The highest BCUT2D eigenvalue weighted by atomic mass is 16.8. The van der Waals surface area contributed by atoms with E-state index < -0.39 is 18.0 Å². The molecule has 0 atom stereocenters. The van der Waals surface area contributed by atoms with Crippen molar-refractivity contribution in [2.75, 3.05) is 13.2 Å². The molecular weight excluding hydrogens is 268 g/mol. The van der Waals surface area contributed by atoms with Crippen LogP contribution in [0.25, 0.3) is 10.4 Å². The number of hydroxylamine groups is 2. The fourth-order valence-electron chi connectivity index (χ4n) is 1.60. The Balaban J connectivity index is 2.04. The van der Waals surface area contributed by atoms with Crippen LogP contribution in [-0.2, 0) is 19.2 Å². The highest BCUT2D eigenvalue weighted by molar-refractivity contribution is 6.01. The lowest BCUT2D eigenvalue weighted by molar-refractivity contribution is -0.177. The smallest absolute Gasteiger partial charge is 0.433 e. The lowest BCUT2D eigenvalue weighted by atomic mass is 10.2. The molecular formula is C11H16N4O5. The quantitative estimate of drug-likeness (QED) is 0.169. The zero-order chi connectivity index (χ0) is 14.8. The monoisotopic (exact) mass is 284 g/mol. The number of carbonyl (C=O) groups excluding carboxylic acids is 3. The molecule has 0 aromatic rings. The molecule has 0 aliphatic carbocycles. The Morgan fingerprint density at radius 1 is 1.20 bits per heavy atom. The summed E-state index contributed by atoms with van der Waals surface area (Å²) in [7, 11) is 0. The number of nitrogens with zero attached hydrogens (tertiary/aromatic N) is 4. The third-order valence-electron chi connectivity index (χ3n) is 2.61. The predicted molar refractivity (Wildman–Crippen MR) is 66.0 cm³/mol. The van der Waals surface area contributed by atoms with Crippen LogP contribution in [0.1, 0.15) is 38.5 Å². The second-order valence-electron chi connectivity index (χ2n) is 4.14. The van der Waals surface area contributed by atoms with Crippen molar-refractivity contribution in [1.82, 2.24) is 5.06 Å². The lowest BCUT2D eigenvalue weighted by Gasteiger charge is -2.12. The third kappa shape index (κ3) is 5.57. The zero-order valence-corrected chi connectivity index (χ0v) is 11.0. The Hall–Kier alpha value is -2.28. The average Bonchev–Trinajstić information content (AvgIpc) is 2.73. The van der Waals surface area contributed by atoms with Crippen LogP contribution >= 0.6 is 0 Å². The van der Waals surface area contributed by atoms with E-state index in [1.54, 1.807) is 0 Å². The number of imide groups is 1. The maximum Gasteiger partial charge on any atom is 0.533 e. The summed E-state index contributed by atoms with van der Waals surface area (Å²) in [6.07, 6.45) is 2.14. The largest absolute Gasteiger partial charge is 0.533 e. The first-order valence-electron chi connectivity index (χ1n) is 6.36. The van der Waals surface area contributed by atoms with Gasteiger partial charge in [-0.25, -0.2) is 4.79 Å². The van der Waals surface area contributed by atoms with Crippen molar-refractivity contribution < 1.29 is 24.0 Å². The van der Waals surface area contributed by atoms with Crippen LogP contribution < -0.4 is 0 Å². The van der Waals surface area contributed by atoms with Gasteiger partial charge in [0.25, 0.3) is 11.8 Å². The van der Waals surface area contributed by atoms with Gasteiger partial charge in [-0.05, 0) is 18.4 Å². The van der Waals surface area contributed by atoms with E-state index in [1.807, 2.05) is 0 Å². The Bertz CT molecular complexity index is 403. The number of hydrogen-bond donors (Lipinski definition) is 0. The first-order chi connectivity index (χ1) is 9.65. The number of unbranched alkanes of at least 4 members (excludes halogenated alkanes) is 3. The highest BCUT2D eigenvalue weighted by Gasteiger charge is 2.33. The molecule has 0 unspecified atom stereocenters. The summed E-state index contributed by atoms with van der Waals surface area (Å²) in [5.74, 6) is -1.07. The Kier molecular flexibility index (Phi) is 6.91. The number of ether oxygens (including phenoxy) is 1. The van der Waals surface area contributed by atoms with E-state index in [9.17, 15) is 14.4 Å². The number of carbonyl (C=O) groups is 3. The minimum Gasteiger partial charge on any atom is -0.433 e. The lowest BCUT2D eigenvalue weighted by Crippen LogP contribution is -2.32. The highest BCUT2D eigenvalue weighted by Crippen LogP contribution is 2.12. The van der Waals surface area contributed by atoms with Gasteiger partial charge in [0.2, 0.25) is 0 Å². The van der Waals surface area contributed by atoms with E-state index in [-0.39, 0.29) is 19.4 Å². The van der Waals surface area contributed by atoms with Gasteiger partial charge in [-0.3, -0.25) is 14.4 Å². The molecule has 9 nitrogen and oxygen atoms in total. The minimum atomic E-state index is -1.05. The molecule has 0 saturated carbocycles. The van der Waals surface area contributed by atoms with Gasteiger partial charge in [0.05, 0.1) is 6.61 Å². The maximum absolute atomic E-state index is 11.2. The normalized spacial score (nSPS) is 14.1. The standard InChI is InChI=1S/C11H16N4O5/c12-14-13-7-3-1-2-4-8-19-11(18)20-15-9(16)5-6-10(15)17/h1-8H2. The van der Waals surface area contributed by atoms with Crippen molar-refractivity contribution in [3.63, 3.8) is 0 Å². The van der Waals surface area contributed by atoms with Crippen molar-refractivity contribution in [2.24, 2.45) is 5.11 Å². The van der Waals surface area contributed by atoms with E-state index in [0.29, 0.717) is 18.0 Å². The molecule has 0 aromatic carbocycles. The third-order valence-corrected chi connectivity index (χ3v) is 2.61. The number of hydrogen-bond acceptors (Lipinski definition) is 6. The molecule has 1 heterocycles. The summed E-state index contributed by atoms with van der Waals surface area (Å²) in [6, 6.07) is 0. The number of amides is 2. The molecule has 1 saturated heterocycles. The molecule has 20 heavy (non-hydrogen) atoms. The van der Waals surface area contributed by atoms with Gasteiger partial charge in [0, 0.05) is 24.3 Å². The van der Waals surface area contributed by atoms with Crippen molar-refractivity contribution in [1.29, 1.82) is 0 Å². The van der Waals surface area contributed by atoms with Crippen LogP contribution in [0, 0.1) is 0 Å². The van der Waals surface area contributed by atoms with Crippen LogP contribution in [0.3, 0.4) is 0 Å². The fraction of sp³-hybridized carbons (Fsp3) is 0.727. The van der Waals surface area contributed by atoms with Crippen molar-refractivity contribution in [2.45, 2.75) is 38.5 Å². The van der Waals surface area contributed by atoms with E-state index in [4.69, 9.17) is 10.3 Å². The van der Waals surface area contributed by atoms with Crippen molar-refractivity contribution in [3.05, 3.63) is 10.4 Å². The molecule has 9 heteroatoms. The molecule has 1 rings (SSSR count). The van der Waals surface area contributed by atoms with Gasteiger partial charge in [-0.15, -0.1) is 0 Å². The van der Waals surface area contributed by atoms with Crippen LogP contribution in [0.2, 0.25) is 0 Å². The van der Waals surface area contributed by atoms with Gasteiger partial charge >= 0.3 is 6.16 Å². The van der Waals surface area contributed by atoms with Gasteiger partial charge in [0.15, 0.2) is 0 Å². The zero-order valence-electron chi connectivity index (χ0n) is 11.0. The van der Waals surface area contributed by atoms with Gasteiger partial charge in [-0.2, -0.15) is 0 Å².